The van der Waals surface area contributed by atoms with Crippen LogP contribution in [0.2, 0.25) is 0 Å². The Morgan fingerprint density at radius 1 is 1.19 bits per heavy atom. The second-order valence-corrected chi connectivity index (χ2v) is 6.85. The van der Waals surface area contributed by atoms with Gasteiger partial charge in [0.25, 0.3) is 5.91 Å². The van der Waals surface area contributed by atoms with E-state index in [0.717, 1.165) is 11.0 Å². The second-order valence-electron chi connectivity index (χ2n) is 6.85. The van der Waals surface area contributed by atoms with Gasteiger partial charge in [-0.05, 0) is 35.9 Å². The fourth-order valence-corrected chi connectivity index (χ4v) is 3.38. The van der Waals surface area contributed by atoms with E-state index in [1.807, 2.05) is 24.3 Å². The summed E-state index contributed by atoms with van der Waals surface area (Å²) in [5.74, 6) is 0.273. The number of amides is 1. The van der Waals surface area contributed by atoms with Crippen molar-refractivity contribution in [3.05, 3.63) is 53.9 Å². The standard InChI is InChI=1S/C22H21F2N3O4/c1-29-19-13-14(6-7-18(19)31-22(23)24)12-15(21(28)27-8-10-30-11-9-27)20-25-16-4-2-3-5-17(16)26-20/h2-7,12-13,22H,8-11H2,1H3,(H,25,26). The number of rotatable bonds is 6. The third-order valence-electron chi connectivity index (χ3n) is 4.89. The minimum absolute atomic E-state index is 0.0838. The number of hydrogen-bond acceptors (Lipinski definition) is 5. The van der Waals surface area contributed by atoms with Gasteiger partial charge in [0.05, 0.1) is 36.9 Å². The largest absolute Gasteiger partial charge is 0.493 e. The van der Waals surface area contributed by atoms with E-state index in [4.69, 9.17) is 9.47 Å². The highest BCUT2D eigenvalue weighted by molar-refractivity contribution is 6.23. The average Bonchev–Trinajstić information content (AvgIpc) is 3.22. The number of nitrogens with zero attached hydrogens (tertiary/aromatic N) is 2. The second kappa shape index (κ2) is 9.13. The highest BCUT2D eigenvalue weighted by Crippen LogP contribution is 2.31. The van der Waals surface area contributed by atoms with E-state index in [1.54, 1.807) is 17.0 Å². The molecule has 0 spiro atoms. The summed E-state index contributed by atoms with van der Waals surface area (Å²) in [6, 6.07) is 12.0. The van der Waals surface area contributed by atoms with E-state index in [1.165, 1.54) is 19.2 Å². The van der Waals surface area contributed by atoms with E-state index in [-0.39, 0.29) is 17.4 Å². The van der Waals surface area contributed by atoms with Gasteiger partial charge in [-0.15, -0.1) is 0 Å². The average molecular weight is 429 g/mol. The number of carbonyl (C=O) groups is 1. The zero-order chi connectivity index (χ0) is 21.8. The highest BCUT2D eigenvalue weighted by Gasteiger charge is 2.24. The zero-order valence-corrected chi connectivity index (χ0v) is 16.8. The number of methoxy groups -OCH3 is 1. The first-order valence-corrected chi connectivity index (χ1v) is 9.72. The Morgan fingerprint density at radius 3 is 2.68 bits per heavy atom. The first kappa shape index (κ1) is 20.8. The van der Waals surface area contributed by atoms with Crippen LogP contribution in [-0.2, 0) is 9.53 Å². The number of aromatic nitrogens is 2. The van der Waals surface area contributed by atoms with Crippen LogP contribution in [0.4, 0.5) is 8.78 Å². The monoisotopic (exact) mass is 429 g/mol. The summed E-state index contributed by atoms with van der Waals surface area (Å²) in [7, 11) is 1.36. The molecule has 0 bridgehead atoms. The number of hydrogen-bond donors (Lipinski definition) is 1. The quantitative estimate of drug-likeness (QED) is 0.607. The molecule has 0 radical (unpaired) electrons. The molecule has 2 heterocycles. The first-order valence-electron chi connectivity index (χ1n) is 9.72. The zero-order valence-electron chi connectivity index (χ0n) is 16.8. The molecule has 162 valence electrons. The minimum atomic E-state index is -2.97. The molecule has 1 fully saturated rings. The SMILES string of the molecule is COc1cc(C=C(C(=O)N2CCOCC2)c2nc3ccccc3[nH]2)ccc1OC(F)F. The first-order chi connectivity index (χ1) is 15.0. The molecule has 1 N–H and O–H groups in total. The number of nitrogens with one attached hydrogen (secondary N) is 1. The Hall–Kier alpha value is -3.46. The molecule has 1 aliphatic rings. The molecule has 9 heteroatoms. The number of fused-ring (bicyclic) bond motifs is 1. The molecule has 31 heavy (non-hydrogen) atoms. The fraction of sp³-hybridized carbons (Fsp3) is 0.273. The van der Waals surface area contributed by atoms with Crippen LogP contribution in [0.3, 0.4) is 0 Å². The third-order valence-corrected chi connectivity index (χ3v) is 4.89. The molecule has 1 aliphatic heterocycles. The van der Waals surface area contributed by atoms with Crippen molar-refractivity contribution in [1.29, 1.82) is 0 Å². The van der Waals surface area contributed by atoms with E-state index in [0.29, 0.717) is 43.3 Å². The van der Waals surface area contributed by atoms with E-state index in [9.17, 15) is 13.6 Å². The lowest BCUT2D eigenvalue weighted by Crippen LogP contribution is -2.41. The number of aromatic amines is 1. The van der Waals surface area contributed by atoms with Gasteiger partial charge < -0.3 is 24.1 Å². The highest BCUT2D eigenvalue weighted by atomic mass is 19.3. The topological polar surface area (TPSA) is 76.7 Å². The maximum Gasteiger partial charge on any atom is 0.387 e. The van der Waals surface area contributed by atoms with Gasteiger partial charge in [-0.2, -0.15) is 8.78 Å². The lowest BCUT2D eigenvalue weighted by molar-refractivity contribution is -0.128. The number of imidazole rings is 1. The number of ether oxygens (including phenoxy) is 3. The van der Waals surface area contributed by atoms with Crippen molar-refractivity contribution in [2.75, 3.05) is 33.4 Å². The molecule has 1 amide bonds. The van der Waals surface area contributed by atoms with Crippen molar-refractivity contribution in [1.82, 2.24) is 14.9 Å². The molecule has 7 nitrogen and oxygen atoms in total. The van der Waals surface area contributed by atoms with E-state index in [2.05, 4.69) is 14.7 Å². The fourth-order valence-electron chi connectivity index (χ4n) is 3.38. The maximum absolute atomic E-state index is 13.3. The number of H-pyrrole nitrogens is 1. The molecule has 1 saturated heterocycles. The maximum atomic E-state index is 13.3. The van der Waals surface area contributed by atoms with Crippen LogP contribution in [0.5, 0.6) is 11.5 Å². The van der Waals surface area contributed by atoms with Crippen LogP contribution < -0.4 is 9.47 Å². The molecule has 0 aliphatic carbocycles. The molecular weight excluding hydrogens is 408 g/mol. The summed E-state index contributed by atoms with van der Waals surface area (Å²) in [4.78, 5) is 22.8. The number of halogens is 2. The molecule has 1 aromatic heterocycles. The van der Waals surface area contributed by atoms with Crippen LogP contribution in [0.25, 0.3) is 22.7 Å². The Morgan fingerprint density at radius 2 is 1.97 bits per heavy atom. The van der Waals surface area contributed by atoms with Crippen molar-refractivity contribution in [2.24, 2.45) is 0 Å². The Kier molecular flexibility index (Phi) is 6.13. The summed E-state index contributed by atoms with van der Waals surface area (Å²) in [6.07, 6.45) is 1.66. The molecule has 3 aromatic rings. The third kappa shape index (κ3) is 4.66. The Labute approximate surface area is 177 Å². The number of morpholine rings is 1. The summed E-state index contributed by atoms with van der Waals surface area (Å²) < 4.78 is 40.2. The van der Waals surface area contributed by atoms with Crippen LogP contribution in [-0.4, -0.2) is 60.8 Å². The van der Waals surface area contributed by atoms with Crippen LogP contribution in [0.1, 0.15) is 11.4 Å². The van der Waals surface area contributed by atoms with Gasteiger partial charge in [-0.3, -0.25) is 4.79 Å². The number of alkyl halides is 2. The predicted octanol–water partition coefficient (Wildman–Crippen LogP) is 3.57. The van der Waals surface area contributed by atoms with E-state index >= 15 is 0 Å². The minimum Gasteiger partial charge on any atom is -0.493 e. The van der Waals surface area contributed by atoms with Gasteiger partial charge in [0.1, 0.15) is 5.82 Å². The van der Waals surface area contributed by atoms with Gasteiger partial charge in [-0.1, -0.05) is 18.2 Å². The summed E-state index contributed by atoms with van der Waals surface area (Å²) in [5.41, 5.74) is 2.46. The van der Waals surface area contributed by atoms with Crippen LogP contribution in [0, 0.1) is 0 Å². The van der Waals surface area contributed by atoms with Gasteiger partial charge in [0.2, 0.25) is 0 Å². The number of benzene rings is 2. The number of carbonyl (C=O) groups excluding carboxylic acids is 1. The van der Waals surface area contributed by atoms with E-state index < -0.39 is 6.61 Å². The Bertz CT molecular complexity index is 1070. The van der Waals surface area contributed by atoms with Gasteiger partial charge in [0.15, 0.2) is 11.5 Å². The molecule has 2 aromatic carbocycles. The molecule has 0 atom stereocenters. The Balaban J connectivity index is 1.76. The smallest absolute Gasteiger partial charge is 0.387 e. The van der Waals surface area contributed by atoms with Crippen molar-refractivity contribution in [2.45, 2.75) is 6.61 Å². The van der Waals surface area contributed by atoms with Crippen molar-refractivity contribution in [3.8, 4) is 11.5 Å². The molecule has 0 saturated carbocycles. The lowest BCUT2D eigenvalue weighted by Gasteiger charge is -2.27. The number of para-hydroxylation sites is 2. The van der Waals surface area contributed by atoms with Gasteiger partial charge in [0, 0.05) is 13.1 Å². The van der Waals surface area contributed by atoms with Crippen LogP contribution >= 0.6 is 0 Å². The van der Waals surface area contributed by atoms with Gasteiger partial charge >= 0.3 is 6.61 Å². The summed E-state index contributed by atoms with van der Waals surface area (Å²) in [5, 5.41) is 0. The molecule has 0 unspecified atom stereocenters. The van der Waals surface area contributed by atoms with Crippen molar-refractivity contribution in [3.63, 3.8) is 0 Å². The summed E-state index contributed by atoms with van der Waals surface area (Å²) in [6.45, 7) is -1.09. The normalized spacial score (nSPS) is 14.8. The van der Waals surface area contributed by atoms with Crippen LogP contribution in [0.15, 0.2) is 42.5 Å². The van der Waals surface area contributed by atoms with Crippen molar-refractivity contribution < 1.29 is 27.8 Å². The van der Waals surface area contributed by atoms with Gasteiger partial charge in [-0.25, -0.2) is 4.98 Å². The lowest BCUT2D eigenvalue weighted by atomic mass is 10.1. The molecular formula is C22H21F2N3O4. The summed E-state index contributed by atoms with van der Waals surface area (Å²) >= 11 is 0. The molecule has 4 rings (SSSR count). The van der Waals surface area contributed by atoms with Crippen molar-refractivity contribution >= 4 is 28.6 Å². The predicted molar refractivity (Wildman–Crippen MR) is 111 cm³/mol.